The molecule has 3 fully saturated rings. The second-order valence-electron chi connectivity index (χ2n) is 25.9. The predicted octanol–water partition coefficient (Wildman–Crippen LogP) is 13.2. The average Bonchev–Trinajstić information content (AvgIpc) is 1.61. The number of nitrogens with zero attached hydrogens (tertiary/aromatic N) is 7. The molecule has 540 valence electrons. The summed E-state index contributed by atoms with van der Waals surface area (Å²) in [4.78, 5) is 75.6. The van der Waals surface area contributed by atoms with Crippen LogP contribution in [0.1, 0.15) is 75.9 Å². The number of H-pyrrole nitrogens is 3. The van der Waals surface area contributed by atoms with E-state index < -0.39 is 17.5 Å². The van der Waals surface area contributed by atoms with E-state index in [9.17, 15) is 41.9 Å². The van der Waals surface area contributed by atoms with E-state index in [2.05, 4.69) is 61.0 Å². The quantitative estimate of drug-likeness (QED) is 0.0393. The molecule has 1 aliphatic heterocycles. The molecule has 0 unspecified atom stereocenters. The highest BCUT2D eigenvalue weighted by molar-refractivity contribution is 6.04. The Morgan fingerprint density at radius 3 is 1.05 bits per heavy atom. The van der Waals surface area contributed by atoms with E-state index in [4.69, 9.17) is 31.4 Å². The van der Waals surface area contributed by atoms with Gasteiger partial charge in [-0.25, -0.2) is 28.5 Å². The summed E-state index contributed by atoms with van der Waals surface area (Å²) in [5.41, 5.74) is 23.7. The van der Waals surface area contributed by atoms with Gasteiger partial charge in [-0.2, -0.15) is 15.3 Å². The first-order chi connectivity index (χ1) is 51.3. The average molecular weight is 1430 g/mol. The van der Waals surface area contributed by atoms with Crippen LogP contribution in [0, 0.1) is 17.5 Å². The molecule has 3 aliphatic rings. The predicted molar refractivity (Wildman–Crippen MR) is 400 cm³/mol. The highest BCUT2D eigenvalue weighted by Crippen LogP contribution is 2.42. The number of nitrogens with two attached hydrogens (primary N) is 3. The van der Waals surface area contributed by atoms with Gasteiger partial charge in [0.15, 0.2) is 52.2 Å². The van der Waals surface area contributed by atoms with Crippen LogP contribution in [0.2, 0.25) is 0 Å². The molecular weight excluding hydrogens is 1360 g/mol. The smallest absolute Gasteiger partial charge is 0.288 e. The first-order valence-corrected chi connectivity index (χ1v) is 34.4. The van der Waals surface area contributed by atoms with Crippen molar-refractivity contribution in [2.75, 3.05) is 30.3 Å². The maximum absolute atomic E-state index is 14.0. The molecule has 3 amide bonds. The van der Waals surface area contributed by atoms with E-state index in [1.54, 1.807) is 95.9 Å². The van der Waals surface area contributed by atoms with Gasteiger partial charge in [0.2, 0.25) is 17.7 Å². The molecule has 7 heterocycles. The fraction of sp³-hybridized carbons (Fsp3) is 0.203. The highest BCUT2D eigenvalue weighted by atomic mass is 19.1. The van der Waals surface area contributed by atoms with Gasteiger partial charge in [-0.15, -0.1) is 0 Å². The molecule has 15 rings (SSSR count). The molecule has 27 heteroatoms. The fourth-order valence-electron chi connectivity index (χ4n) is 14.1. The second kappa shape index (κ2) is 31.2. The minimum absolute atomic E-state index is 0.0738. The molecule has 0 bridgehead atoms. The van der Waals surface area contributed by atoms with E-state index in [0.717, 1.165) is 84.7 Å². The van der Waals surface area contributed by atoms with Crippen LogP contribution >= 0.6 is 0 Å². The lowest BCUT2D eigenvalue weighted by Gasteiger charge is -2.30. The standard InChI is InChI=1S/2C27H26FN5O3.C25H22FN5O3/c2*1-2-23(34)30-17-9-11-18(12-10-17)33-15-20(24-25(33)27(35)32-31-26(24)29)16-7-13-19(14-8-16)36-22-6-4-3-5-21(22)28;1-2-21(32)30-12-11-16(13-30)31-14-18(22-23(31)25(33)29-28-24(22)27)15-7-9-17(10-8-15)34-20-6-4-3-5-19(20)26/h2*2-8,13-15,17-18H,1,9-12H2,(H2,29,31)(H,30,34)(H,32,35);2-10,14,16H,1,11-13H2,(H2,27,28)(H,29,33)/t;;16-/m..1/s1. The molecule has 2 aliphatic carbocycles. The maximum atomic E-state index is 14.0. The van der Waals surface area contributed by atoms with E-state index in [1.807, 2.05) is 68.7 Å². The Balaban J connectivity index is 0.000000141. The highest BCUT2D eigenvalue weighted by Gasteiger charge is 2.32. The zero-order valence-corrected chi connectivity index (χ0v) is 57.3. The number of aromatic nitrogens is 9. The largest absolute Gasteiger partial charge is 0.454 e. The van der Waals surface area contributed by atoms with Crippen LogP contribution in [0.3, 0.4) is 0 Å². The van der Waals surface area contributed by atoms with Crippen LogP contribution in [-0.2, 0) is 14.4 Å². The van der Waals surface area contributed by atoms with Gasteiger partial charge in [0.25, 0.3) is 16.7 Å². The zero-order valence-electron chi connectivity index (χ0n) is 57.3. The summed E-state index contributed by atoms with van der Waals surface area (Å²) in [6.45, 7) is 11.6. The Bertz CT molecular complexity index is 5270. The van der Waals surface area contributed by atoms with E-state index in [-0.39, 0.29) is 99.3 Å². The van der Waals surface area contributed by atoms with E-state index >= 15 is 0 Å². The maximum Gasteiger partial charge on any atom is 0.288 e. The molecule has 12 aromatic rings. The molecule has 24 nitrogen and oxygen atoms in total. The number of hydrogen-bond acceptors (Lipinski definition) is 15. The number of rotatable bonds is 17. The summed E-state index contributed by atoms with van der Waals surface area (Å²) in [6, 6.07) is 40.3. The van der Waals surface area contributed by atoms with Crippen molar-refractivity contribution in [2.45, 2.75) is 88.0 Å². The lowest BCUT2D eigenvalue weighted by molar-refractivity contribution is -0.125. The number of nitrogens with one attached hydrogen (secondary N) is 5. The Morgan fingerprint density at radius 2 is 0.745 bits per heavy atom. The zero-order chi connectivity index (χ0) is 74.3. The van der Waals surface area contributed by atoms with Gasteiger partial charge in [-0.1, -0.05) is 92.5 Å². The van der Waals surface area contributed by atoms with Gasteiger partial charge in [0.1, 0.15) is 33.8 Å². The topological polar surface area (TPSA) is 336 Å². The van der Waals surface area contributed by atoms with Crippen molar-refractivity contribution in [1.82, 2.24) is 59.8 Å². The number of carbonyl (C=O) groups is 3. The number of fused-ring (bicyclic) bond motifs is 3. The molecule has 6 aromatic carbocycles. The van der Waals surface area contributed by atoms with Crippen LogP contribution in [0.25, 0.3) is 66.1 Å². The molecule has 2 saturated carbocycles. The number of likely N-dealkylation sites (tertiary alicyclic amines) is 1. The van der Waals surface area contributed by atoms with Crippen molar-refractivity contribution in [2.24, 2.45) is 0 Å². The van der Waals surface area contributed by atoms with Gasteiger partial charge < -0.3 is 60.6 Å². The minimum atomic E-state index is -0.451. The van der Waals surface area contributed by atoms with Crippen LogP contribution in [0.5, 0.6) is 34.5 Å². The Labute approximate surface area is 603 Å². The number of benzene rings is 6. The van der Waals surface area contributed by atoms with Gasteiger partial charge in [0.05, 0.1) is 22.2 Å². The van der Waals surface area contributed by atoms with Gasteiger partial charge in [-0.05, 0) is 166 Å². The number of hydrogen-bond donors (Lipinski definition) is 8. The molecule has 0 radical (unpaired) electrons. The van der Waals surface area contributed by atoms with Crippen molar-refractivity contribution in [3.8, 4) is 67.9 Å². The van der Waals surface area contributed by atoms with Gasteiger partial charge >= 0.3 is 0 Å². The number of anilines is 3. The van der Waals surface area contributed by atoms with Crippen molar-refractivity contribution in [3.05, 3.63) is 251 Å². The summed E-state index contributed by atoms with van der Waals surface area (Å²) < 4.78 is 64.6. The Hall–Kier alpha value is -13.2. The summed E-state index contributed by atoms with van der Waals surface area (Å²) in [5.74, 6) is 0.686. The lowest BCUT2D eigenvalue weighted by Crippen LogP contribution is -2.37. The van der Waals surface area contributed by atoms with Crippen LogP contribution in [-0.4, -0.2) is 92.1 Å². The SMILES string of the molecule is C=CC(=O)N1CC[C@@H](n2cc(-c3ccc(Oc4ccccc4F)cc3)c3c(N)n[nH]c(=O)c32)C1.C=CC(=O)NC1CCC(n2cc(-c3ccc(Oc4ccccc4F)cc3)c3c(N)n[nH]c(=O)c32)CC1.C=CC(=O)NC1CCC(n2cc(-c3ccc(Oc4ccccc4F)cc3)c3c(N)n[nH]c(=O)c32)CC1. The summed E-state index contributed by atoms with van der Waals surface area (Å²) in [5, 5.41) is 27.0. The number of nitrogen functional groups attached to an aromatic ring is 3. The lowest BCUT2D eigenvalue weighted by atomic mass is 9.91. The normalized spacial score (nSPS) is 16.9. The first kappa shape index (κ1) is 71.2. The molecule has 11 N–H and O–H groups in total. The van der Waals surface area contributed by atoms with Crippen LogP contribution < -0.4 is 58.7 Å². The second-order valence-corrected chi connectivity index (χ2v) is 25.9. The van der Waals surface area contributed by atoms with Crippen molar-refractivity contribution in [1.29, 1.82) is 0 Å². The Morgan fingerprint density at radius 1 is 0.434 bits per heavy atom. The Kier molecular flexibility index (Phi) is 20.9. The molecular formula is C79H74F3N15O9. The summed E-state index contributed by atoms with van der Waals surface area (Å²) in [6.07, 6.45) is 16.6. The summed E-state index contributed by atoms with van der Waals surface area (Å²) >= 11 is 0. The monoisotopic (exact) mass is 1430 g/mol. The number of para-hydroxylation sites is 3. The van der Waals surface area contributed by atoms with Crippen LogP contribution in [0.15, 0.2) is 217 Å². The van der Waals surface area contributed by atoms with E-state index in [1.165, 1.54) is 36.4 Å². The van der Waals surface area contributed by atoms with Crippen molar-refractivity contribution < 1.29 is 41.8 Å². The molecule has 106 heavy (non-hydrogen) atoms. The number of aromatic amines is 3. The number of ether oxygens (including phenoxy) is 3. The minimum Gasteiger partial charge on any atom is -0.454 e. The summed E-state index contributed by atoms with van der Waals surface area (Å²) in [7, 11) is 0. The number of halogens is 3. The van der Waals surface area contributed by atoms with E-state index in [0.29, 0.717) is 69.5 Å². The van der Waals surface area contributed by atoms with Gasteiger partial charge in [-0.3, -0.25) is 28.8 Å². The third-order valence-electron chi connectivity index (χ3n) is 19.3. The fourth-order valence-corrected chi connectivity index (χ4v) is 14.1. The third-order valence-corrected chi connectivity index (χ3v) is 19.3. The van der Waals surface area contributed by atoms with Crippen molar-refractivity contribution in [3.63, 3.8) is 0 Å². The molecule has 6 aromatic heterocycles. The number of amides is 3. The first-order valence-electron chi connectivity index (χ1n) is 34.4. The van der Waals surface area contributed by atoms with Crippen molar-refractivity contribution >= 4 is 67.9 Å². The molecule has 1 atom stereocenters. The third kappa shape index (κ3) is 15.2. The number of carbonyl (C=O) groups excluding carboxylic acids is 3. The molecule has 1 saturated heterocycles. The van der Waals surface area contributed by atoms with Gasteiger partial charge in [0, 0.05) is 72.5 Å². The molecule has 0 spiro atoms. The van der Waals surface area contributed by atoms with Crippen LogP contribution in [0.4, 0.5) is 30.6 Å².